The van der Waals surface area contributed by atoms with E-state index in [1.807, 2.05) is 54.6 Å². The maximum absolute atomic E-state index is 11.0. The molecule has 0 aliphatic rings. The van der Waals surface area contributed by atoms with Crippen molar-refractivity contribution >= 4 is 11.6 Å². The van der Waals surface area contributed by atoms with E-state index in [1.54, 1.807) is 19.1 Å². The second kappa shape index (κ2) is 6.78. The minimum Gasteiger partial charge on any atom is -0.383 e. The van der Waals surface area contributed by atoms with Crippen molar-refractivity contribution in [3.05, 3.63) is 95.0 Å². The van der Waals surface area contributed by atoms with Gasteiger partial charge in [0, 0.05) is 5.02 Å². The average Bonchev–Trinajstić information content (AvgIpc) is 2.62. The molecular weight excluding hydrogens is 318 g/mol. The van der Waals surface area contributed by atoms with E-state index in [9.17, 15) is 5.11 Å². The summed E-state index contributed by atoms with van der Waals surface area (Å²) >= 11 is 5.92. The molecule has 24 heavy (non-hydrogen) atoms. The molecule has 0 unspecified atom stereocenters. The fraction of sp³-hybridized carbons (Fsp3) is 0.143. The van der Waals surface area contributed by atoms with E-state index < -0.39 is 11.6 Å². The first-order chi connectivity index (χ1) is 11.5. The Morgan fingerprint density at radius 1 is 0.833 bits per heavy atom. The summed E-state index contributed by atoms with van der Waals surface area (Å²) in [6.45, 7) is 1.74. The maximum atomic E-state index is 11.0. The van der Waals surface area contributed by atoms with Crippen LogP contribution in [0.15, 0.2) is 78.9 Å². The van der Waals surface area contributed by atoms with Gasteiger partial charge in [0.15, 0.2) is 0 Å². The van der Waals surface area contributed by atoms with E-state index in [4.69, 9.17) is 17.3 Å². The zero-order chi connectivity index (χ0) is 17.2. The molecule has 2 nitrogen and oxygen atoms in total. The molecule has 0 fully saturated rings. The summed E-state index contributed by atoms with van der Waals surface area (Å²) in [5.74, 6) is 0. The first-order valence-electron chi connectivity index (χ1n) is 7.88. The summed E-state index contributed by atoms with van der Waals surface area (Å²) in [4.78, 5) is 0. The van der Waals surface area contributed by atoms with Gasteiger partial charge in [-0.15, -0.1) is 0 Å². The van der Waals surface area contributed by atoms with Gasteiger partial charge in [0.25, 0.3) is 0 Å². The highest BCUT2D eigenvalue weighted by molar-refractivity contribution is 6.30. The van der Waals surface area contributed by atoms with Gasteiger partial charge in [0.05, 0.1) is 6.04 Å². The van der Waals surface area contributed by atoms with E-state index in [-0.39, 0.29) is 0 Å². The molecule has 0 aliphatic heterocycles. The van der Waals surface area contributed by atoms with Crippen molar-refractivity contribution in [2.75, 3.05) is 0 Å². The number of benzene rings is 3. The van der Waals surface area contributed by atoms with Crippen LogP contribution in [-0.2, 0) is 5.60 Å². The fourth-order valence-electron chi connectivity index (χ4n) is 2.80. The van der Waals surface area contributed by atoms with Crippen LogP contribution < -0.4 is 5.73 Å². The van der Waals surface area contributed by atoms with Gasteiger partial charge >= 0.3 is 0 Å². The SMILES string of the molecule is C[C@](O)(c1ccc(-c2ccccc2)cc1)[C@H](N)c1ccc(Cl)cc1. The van der Waals surface area contributed by atoms with Crippen LogP contribution in [0.25, 0.3) is 11.1 Å². The molecule has 0 heterocycles. The number of hydrogen-bond acceptors (Lipinski definition) is 2. The Bertz CT molecular complexity index is 796. The van der Waals surface area contributed by atoms with Crippen LogP contribution in [0.1, 0.15) is 24.1 Å². The van der Waals surface area contributed by atoms with Crippen LogP contribution in [0, 0.1) is 0 Å². The molecule has 0 amide bonds. The lowest BCUT2D eigenvalue weighted by Crippen LogP contribution is -2.35. The van der Waals surface area contributed by atoms with Gasteiger partial charge in [-0.25, -0.2) is 0 Å². The summed E-state index contributed by atoms with van der Waals surface area (Å²) in [6, 6.07) is 24.7. The summed E-state index contributed by atoms with van der Waals surface area (Å²) in [5.41, 5.74) is 9.01. The Kier molecular flexibility index (Phi) is 4.72. The normalized spacial score (nSPS) is 14.8. The van der Waals surface area contributed by atoms with Crippen molar-refractivity contribution in [2.45, 2.75) is 18.6 Å². The second-order valence-electron chi connectivity index (χ2n) is 6.12. The Morgan fingerprint density at radius 3 is 1.96 bits per heavy atom. The zero-order valence-corrected chi connectivity index (χ0v) is 14.2. The molecular formula is C21H20ClNO. The van der Waals surface area contributed by atoms with Gasteiger partial charge < -0.3 is 10.8 Å². The number of halogens is 1. The van der Waals surface area contributed by atoms with Crippen LogP contribution in [0.5, 0.6) is 0 Å². The topological polar surface area (TPSA) is 46.2 Å². The van der Waals surface area contributed by atoms with Crippen molar-refractivity contribution in [2.24, 2.45) is 5.73 Å². The van der Waals surface area contributed by atoms with E-state index >= 15 is 0 Å². The summed E-state index contributed by atoms with van der Waals surface area (Å²) in [6.07, 6.45) is 0. The third kappa shape index (κ3) is 3.36. The van der Waals surface area contributed by atoms with Crippen molar-refractivity contribution in [3.63, 3.8) is 0 Å². The maximum Gasteiger partial charge on any atom is 0.106 e. The van der Waals surface area contributed by atoms with Crippen molar-refractivity contribution < 1.29 is 5.11 Å². The second-order valence-corrected chi connectivity index (χ2v) is 6.56. The third-order valence-corrected chi connectivity index (χ3v) is 4.66. The number of hydrogen-bond donors (Lipinski definition) is 2. The Balaban J connectivity index is 1.88. The molecule has 0 aliphatic carbocycles. The molecule has 0 saturated heterocycles. The van der Waals surface area contributed by atoms with Crippen LogP contribution >= 0.6 is 11.6 Å². The Labute approximate surface area is 147 Å². The predicted molar refractivity (Wildman–Crippen MR) is 99.8 cm³/mol. The molecule has 122 valence electrons. The smallest absolute Gasteiger partial charge is 0.106 e. The highest BCUT2D eigenvalue weighted by atomic mass is 35.5. The van der Waals surface area contributed by atoms with Crippen LogP contribution in [0.3, 0.4) is 0 Å². The molecule has 2 atom stereocenters. The third-order valence-electron chi connectivity index (χ3n) is 4.41. The van der Waals surface area contributed by atoms with Crippen LogP contribution in [0.2, 0.25) is 5.02 Å². The van der Waals surface area contributed by atoms with Crippen molar-refractivity contribution in [3.8, 4) is 11.1 Å². The van der Waals surface area contributed by atoms with Crippen LogP contribution in [-0.4, -0.2) is 5.11 Å². The minimum absolute atomic E-state index is 0.544. The van der Waals surface area contributed by atoms with E-state index in [1.165, 1.54) is 0 Å². The van der Waals surface area contributed by atoms with Crippen molar-refractivity contribution in [1.29, 1.82) is 0 Å². The molecule has 3 aromatic rings. The first kappa shape index (κ1) is 16.7. The quantitative estimate of drug-likeness (QED) is 0.710. The predicted octanol–water partition coefficient (Wildman–Crippen LogP) is 4.91. The molecule has 3 rings (SSSR count). The molecule has 0 spiro atoms. The van der Waals surface area contributed by atoms with E-state index in [0.29, 0.717) is 5.02 Å². The lowest BCUT2D eigenvalue weighted by atomic mass is 9.84. The highest BCUT2D eigenvalue weighted by Crippen LogP contribution is 2.34. The van der Waals surface area contributed by atoms with Gasteiger partial charge in [0.1, 0.15) is 5.60 Å². The number of nitrogens with two attached hydrogens (primary N) is 1. The van der Waals surface area contributed by atoms with Crippen LogP contribution in [0.4, 0.5) is 0 Å². The highest BCUT2D eigenvalue weighted by Gasteiger charge is 2.32. The standard InChI is InChI=1S/C21H20ClNO/c1-21(24,20(23)17-9-13-19(22)14-10-17)18-11-7-16(8-12-18)15-5-3-2-4-6-15/h2-14,20,24H,23H2,1H3/t20-,21+/m1/s1. The Hall–Kier alpha value is -2.13. The summed E-state index contributed by atoms with van der Waals surface area (Å²) in [5, 5.41) is 11.6. The van der Waals surface area contributed by atoms with Gasteiger partial charge in [-0.1, -0.05) is 78.3 Å². The van der Waals surface area contributed by atoms with Gasteiger partial charge in [0.2, 0.25) is 0 Å². The minimum atomic E-state index is -1.18. The molecule has 0 bridgehead atoms. The molecule has 0 aromatic heterocycles. The summed E-state index contributed by atoms with van der Waals surface area (Å²) < 4.78 is 0. The Morgan fingerprint density at radius 2 is 1.38 bits per heavy atom. The van der Waals surface area contributed by atoms with E-state index in [0.717, 1.165) is 22.3 Å². The monoisotopic (exact) mass is 337 g/mol. The fourth-order valence-corrected chi connectivity index (χ4v) is 2.93. The first-order valence-corrected chi connectivity index (χ1v) is 8.25. The molecule has 0 radical (unpaired) electrons. The van der Waals surface area contributed by atoms with Gasteiger partial charge in [-0.3, -0.25) is 0 Å². The molecule has 3 aromatic carbocycles. The van der Waals surface area contributed by atoms with Gasteiger partial charge in [-0.2, -0.15) is 0 Å². The average molecular weight is 338 g/mol. The van der Waals surface area contributed by atoms with Gasteiger partial charge in [-0.05, 0) is 41.3 Å². The largest absolute Gasteiger partial charge is 0.383 e. The number of aliphatic hydroxyl groups is 1. The molecule has 0 saturated carbocycles. The lowest BCUT2D eigenvalue weighted by Gasteiger charge is -2.31. The van der Waals surface area contributed by atoms with E-state index in [2.05, 4.69) is 12.1 Å². The summed E-state index contributed by atoms with van der Waals surface area (Å²) in [7, 11) is 0. The number of rotatable bonds is 4. The van der Waals surface area contributed by atoms with Crippen molar-refractivity contribution in [1.82, 2.24) is 0 Å². The lowest BCUT2D eigenvalue weighted by molar-refractivity contribution is 0.0283. The zero-order valence-electron chi connectivity index (χ0n) is 13.5. The molecule has 3 heteroatoms. The molecule has 3 N–H and O–H groups in total.